The number of phenolic OH excluding ortho intramolecular Hbond substituents is 1. The Bertz CT molecular complexity index is 555. The van der Waals surface area contributed by atoms with Gasteiger partial charge in [0.2, 0.25) is 0 Å². The van der Waals surface area contributed by atoms with Crippen LogP contribution in [0, 0.1) is 0 Å². The van der Waals surface area contributed by atoms with E-state index in [1.807, 2.05) is 0 Å². The van der Waals surface area contributed by atoms with Crippen LogP contribution in [0.3, 0.4) is 0 Å². The molecule has 10 heteroatoms. The number of hydrogen-bond donors (Lipinski definition) is 3. The van der Waals surface area contributed by atoms with E-state index in [1.54, 1.807) is 0 Å². The molecule has 110 valence electrons. The van der Waals surface area contributed by atoms with Crippen molar-refractivity contribution in [1.29, 1.82) is 0 Å². The Labute approximate surface area is 107 Å². The first kappa shape index (κ1) is 15.7. The van der Waals surface area contributed by atoms with E-state index in [4.69, 9.17) is 5.11 Å². The number of phenols is 1. The molecule has 0 atom stereocenters. The van der Waals surface area contributed by atoms with Crippen molar-refractivity contribution in [1.82, 2.24) is 0 Å². The summed E-state index contributed by atoms with van der Waals surface area (Å²) in [6, 6.07) is 2.08. The van der Waals surface area contributed by atoms with Crippen molar-refractivity contribution in [2.45, 2.75) is 12.1 Å². The first-order valence-electron chi connectivity index (χ1n) is 4.79. The minimum absolute atomic E-state index is 0.442. The number of anilines is 1. The highest BCUT2D eigenvalue weighted by molar-refractivity contribution is 5.98. The molecule has 0 unspecified atom stereocenters. The number of nitrogens with one attached hydrogen (secondary N) is 1. The van der Waals surface area contributed by atoms with Crippen molar-refractivity contribution in [3.63, 3.8) is 0 Å². The van der Waals surface area contributed by atoms with Crippen molar-refractivity contribution in [2.24, 2.45) is 0 Å². The van der Waals surface area contributed by atoms with E-state index in [1.165, 1.54) is 5.32 Å². The lowest BCUT2D eigenvalue weighted by atomic mass is 10.2. The van der Waals surface area contributed by atoms with E-state index >= 15 is 0 Å². The summed E-state index contributed by atoms with van der Waals surface area (Å²) in [7, 11) is 0. The maximum Gasteiger partial charge on any atom is 0.463 e. The van der Waals surface area contributed by atoms with E-state index in [0.29, 0.717) is 12.1 Å². The van der Waals surface area contributed by atoms with Gasteiger partial charge in [0.15, 0.2) is 0 Å². The number of carbonyl (C=O) groups excluding carboxylic acids is 1. The maximum atomic E-state index is 12.6. The molecule has 0 aliphatic rings. The highest BCUT2D eigenvalue weighted by atomic mass is 19.4. The van der Waals surface area contributed by atoms with Gasteiger partial charge in [-0.25, -0.2) is 4.79 Å². The second-order valence-electron chi connectivity index (χ2n) is 3.56. The van der Waals surface area contributed by atoms with Gasteiger partial charge >= 0.3 is 24.0 Å². The van der Waals surface area contributed by atoms with Gasteiger partial charge in [-0.05, 0) is 18.2 Å². The largest absolute Gasteiger partial charge is 0.506 e. The summed E-state index contributed by atoms with van der Waals surface area (Å²) in [5.41, 5.74) is -1.22. The average molecular weight is 299 g/mol. The number of carboxylic acid groups (broad SMARTS) is 1. The molecular weight excluding hydrogens is 293 g/mol. The smallest absolute Gasteiger partial charge is 0.463 e. The zero-order valence-electron chi connectivity index (χ0n) is 9.33. The molecule has 0 saturated heterocycles. The second kappa shape index (κ2) is 4.94. The molecule has 1 aromatic carbocycles. The van der Waals surface area contributed by atoms with Gasteiger partial charge in [0.25, 0.3) is 0 Å². The topological polar surface area (TPSA) is 86.6 Å². The zero-order valence-corrected chi connectivity index (χ0v) is 9.33. The molecule has 0 heterocycles. The van der Waals surface area contributed by atoms with Gasteiger partial charge < -0.3 is 15.5 Å². The Kier molecular flexibility index (Phi) is 3.87. The van der Waals surface area contributed by atoms with Crippen LogP contribution in [0.25, 0.3) is 0 Å². The fourth-order valence-corrected chi connectivity index (χ4v) is 1.10. The summed E-state index contributed by atoms with van der Waals surface area (Å²) in [5, 5.41) is 19.0. The van der Waals surface area contributed by atoms with Gasteiger partial charge in [0.05, 0.1) is 11.3 Å². The molecule has 0 bridgehead atoms. The van der Waals surface area contributed by atoms with Gasteiger partial charge in [-0.2, -0.15) is 22.0 Å². The lowest BCUT2D eigenvalue weighted by molar-refractivity contribution is -0.267. The first-order chi connectivity index (χ1) is 8.96. The highest BCUT2D eigenvalue weighted by Crippen LogP contribution is 2.37. The van der Waals surface area contributed by atoms with E-state index in [-0.39, 0.29) is 0 Å². The molecule has 20 heavy (non-hydrogen) atoms. The Morgan fingerprint density at radius 1 is 1.10 bits per heavy atom. The monoisotopic (exact) mass is 299 g/mol. The molecule has 0 aliphatic heterocycles. The number of carbonyl (C=O) groups is 2. The maximum absolute atomic E-state index is 12.6. The van der Waals surface area contributed by atoms with Gasteiger partial charge in [-0.3, -0.25) is 4.79 Å². The molecule has 1 rings (SSSR count). The van der Waals surface area contributed by atoms with Crippen molar-refractivity contribution < 1.29 is 41.8 Å². The van der Waals surface area contributed by atoms with Gasteiger partial charge in [-0.15, -0.1) is 0 Å². The Morgan fingerprint density at radius 3 is 2.05 bits per heavy atom. The lowest BCUT2D eigenvalue weighted by Crippen LogP contribution is -2.47. The third-order valence-electron chi connectivity index (χ3n) is 2.13. The lowest BCUT2D eigenvalue weighted by Gasteiger charge is -2.19. The summed E-state index contributed by atoms with van der Waals surface area (Å²) in [6.45, 7) is 0. The molecule has 1 amide bonds. The molecule has 5 nitrogen and oxygen atoms in total. The number of amides is 1. The Hall–Kier alpha value is -2.39. The Morgan fingerprint density at radius 2 is 1.65 bits per heavy atom. The van der Waals surface area contributed by atoms with Crippen molar-refractivity contribution in [3.8, 4) is 5.75 Å². The predicted octanol–water partition coefficient (Wildman–Crippen LogP) is 2.23. The predicted molar refractivity (Wildman–Crippen MR) is 54.7 cm³/mol. The summed E-state index contributed by atoms with van der Waals surface area (Å²) >= 11 is 0. The molecule has 0 fully saturated rings. The molecule has 0 radical (unpaired) electrons. The number of aromatic carboxylic acids is 1. The summed E-state index contributed by atoms with van der Waals surface area (Å²) in [4.78, 5) is 21.4. The van der Waals surface area contributed by atoms with Crippen LogP contribution in [0.1, 0.15) is 10.4 Å². The molecule has 3 N–H and O–H groups in total. The highest BCUT2D eigenvalue weighted by Gasteiger charge is 2.63. The van der Waals surface area contributed by atoms with Crippen molar-refractivity contribution in [2.75, 3.05) is 5.32 Å². The van der Waals surface area contributed by atoms with Crippen LogP contribution >= 0.6 is 0 Å². The minimum Gasteiger partial charge on any atom is -0.506 e. The minimum atomic E-state index is -6.09. The van der Waals surface area contributed by atoms with Crippen molar-refractivity contribution >= 4 is 17.6 Å². The number of carboxylic acids is 1. The molecule has 0 saturated carbocycles. The molecule has 0 spiro atoms. The fourth-order valence-electron chi connectivity index (χ4n) is 1.10. The third-order valence-corrected chi connectivity index (χ3v) is 2.13. The second-order valence-corrected chi connectivity index (χ2v) is 3.56. The van der Waals surface area contributed by atoms with Crippen LogP contribution in [-0.4, -0.2) is 34.2 Å². The van der Waals surface area contributed by atoms with Crippen LogP contribution in [0.2, 0.25) is 0 Å². The Balaban J connectivity index is 3.00. The van der Waals surface area contributed by atoms with Crippen LogP contribution in [-0.2, 0) is 4.79 Å². The molecular formula is C10H6F5NO4. The molecule has 0 aromatic heterocycles. The summed E-state index contributed by atoms with van der Waals surface area (Å²) < 4.78 is 61.0. The van der Waals surface area contributed by atoms with E-state index in [0.717, 1.165) is 6.07 Å². The van der Waals surface area contributed by atoms with Gasteiger partial charge in [-0.1, -0.05) is 0 Å². The standard InChI is InChI=1S/C10H6F5NO4/c11-9(12,10(13,14)15)8(20)16-5-2-1-4(7(18)19)3-6(5)17/h1-3,17H,(H,16,20)(H,18,19). The van der Waals surface area contributed by atoms with E-state index < -0.39 is 41.0 Å². The zero-order chi connectivity index (χ0) is 15.7. The van der Waals surface area contributed by atoms with Gasteiger partial charge in [0, 0.05) is 0 Å². The van der Waals surface area contributed by atoms with E-state index in [9.17, 15) is 36.6 Å². The van der Waals surface area contributed by atoms with Crippen LogP contribution in [0.4, 0.5) is 27.6 Å². The normalized spacial score (nSPS) is 12.1. The quantitative estimate of drug-likeness (QED) is 0.590. The number of hydrogen-bond acceptors (Lipinski definition) is 3. The SMILES string of the molecule is O=C(O)c1ccc(NC(=O)C(F)(F)C(F)(F)F)c(O)c1. The number of benzene rings is 1. The van der Waals surface area contributed by atoms with Crippen LogP contribution < -0.4 is 5.32 Å². The van der Waals surface area contributed by atoms with Crippen molar-refractivity contribution in [3.05, 3.63) is 23.8 Å². The number of rotatable bonds is 3. The van der Waals surface area contributed by atoms with Crippen LogP contribution in [0.15, 0.2) is 18.2 Å². The third kappa shape index (κ3) is 2.95. The molecule has 0 aliphatic carbocycles. The molecule has 1 aromatic rings. The fraction of sp³-hybridized carbons (Fsp3) is 0.200. The number of alkyl halides is 5. The average Bonchev–Trinajstić information content (AvgIpc) is 2.29. The first-order valence-corrected chi connectivity index (χ1v) is 4.79. The summed E-state index contributed by atoms with van der Waals surface area (Å²) in [5.74, 6) is -10.8. The van der Waals surface area contributed by atoms with Crippen LogP contribution in [0.5, 0.6) is 5.75 Å². The number of aromatic hydroxyl groups is 1. The van der Waals surface area contributed by atoms with E-state index in [2.05, 4.69) is 0 Å². The van der Waals surface area contributed by atoms with Gasteiger partial charge in [0.1, 0.15) is 5.75 Å². The number of halogens is 5. The summed E-state index contributed by atoms with van der Waals surface area (Å²) in [6.07, 6.45) is -6.09.